The third-order valence-corrected chi connectivity index (χ3v) is 3.93. The third kappa shape index (κ3) is 4.14. The molecule has 0 aromatic heterocycles. The second kappa shape index (κ2) is 6.43. The Balaban J connectivity index is 2.01. The van der Waals surface area contributed by atoms with E-state index >= 15 is 0 Å². The normalized spacial score (nSPS) is 12.1. The number of hydrogen-bond donors (Lipinski definition) is 1. The van der Waals surface area contributed by atoms with Gasteiger partial charge < -0.3 is 5.11 Å². The predicted octanol–water partition coefficient (Wildman–Crippen LogP) is 3.84. The molecule has 0 spiro atoms. The monoisotopic (exact) mass is 272 g/mol. The Hall–Kier alpha value is -1.74. The zero-order chi connectivity index (χ0) is 13.7. The molecular weight excluding hydrogens is 256 g/mol. The van der Waals surface area contributed by atoms with Crippen molar-refractivity contribution in [3.63, 3.8) is 0 Å². The largest absolute Gasteiger partial charge is 0.480 e. The highest BCUT2D eigenvalue weighted by Crippen LogP contribution is 2.24. The molecule has 0 heterocycles. The minimum absolute atomic E-state index is 0.417. The van der Waals surface area contributed by atoms with E-state index in [4.69, 9.17) is 5.11 Å². The molecule has 98 valence electrons. The first kappa shape index (κ1) is 13.7. The van der Waals surface area contributed by atoms with Crippen LogP contribution in [0.1, 0.15) is 18.1 Å². The maximum atomic E-state index is 10.8. The lowest BCUT2D eigenvalue weighted by molar-refractivity contribution is -0.136. The second-order valence-corrected chi connectivity index (χ2v) is 5.82. The van der Waals surface area contributed by atoms with Crippen molar-refractivity contribution in [1.29, 1.82) is 0 Å². The molecule has 0 amide bonds. The van der Waals surface area contributed by atoms with Crippen LogP contribution in [0.15, 0.2) is 59.5 Å². The van der Waals surface area contributed by atoms with E-state index in [-0.39, 0.29) is 0 Å². The molecule has 1 N–H and O–H groups in total. The van der Waals surface area contributed by atoms with E-state index in [1.165, 1.54) is 22.9 Å². The van der Waals surface area contributed by atoms with Gasteiger partial charge in [-0.05, 0) is 36.6 Å². The first-order valence-electron chi connectivity index (χ1n) is 6.17. The number of carboxylic acid groups (broad SMARTS) is 1. The van der Waals surface area contributed by atoms with Crippen LogP contribution < -0.4 is 0 Å². The van der Waals surface area contributed by atoms with Gasteiger partial charge >= 0.3 is 5.97 Å². The van der Waals surface area contributed by atoms with Crippen molar-refractivity contribution in [3.05, 3.63) is 65.7 Å². The topological polar surface area (TPSA) is 37.3 Å². The van der Waals surface area contributed by atoms with Gasteiger partial charge in [0.2, 0.25) is 0 Å². The Morgan fingerprint density at radius 2 is 1.63 bits per heavy atom. The minimum atomic E-state index is -0.779. The summed E-state index contributed by atoms with van der Waals surface area (Å²) >= 11 is 1.37. The highest BCUT2D eigenvalue weighted by atomic mass is 32.2. The number of carbonyl (C=O) groups is 1. The van der Waals surface area contributed by atoms with Gasteiger partial charge in [-0.25, -0.2) is 0 Å². The Kier molecular flexibility index (Phi) is 4.63. The lowest BCUT2D eigenvalue weighted by atomic mass is 10.1. The summed E-state index contributed by atoms with van der Waals surface area (Å²) in [6, 6.07) is 18.4. The van der Waals surface area contributed by atoms with Gasteiger partial charge in [0, 0.05) is 4.90 Å². The highest BCUT2D eigenvalue weighted by Gasteiger charge is 2.11. The summed E-state index contributed by atoms with van der Waals surface area (Å²) in [7, 11) is 0. The van der Waals surface area contributed by atoms with Crippen LogP contribution in [-0.2, 0) is 11.2 Å². The molecule has 0 bridgehead atoms. The fraction of sp³-hybridized carbons (Fsp3) is 0.188. The Morgan fingerprint density at radius 3 is 2.21 bits per heavy atom. The van der Waals surface area contributed by atoms with Crippen molar-refractivity contribution < 1.29 is 9.90 Å². The summed E-state index contributed by atoms with van der Waals surface area (Å²) in [6.07, 6.45) is 0.903. The molecule has 0 saturated heterocycles. The van der Waals surface area contributed by atoms with Gasteiger partial charge in [-0.3, -0.25) is 4.79 Å². The highest BCUT2D eigenvalue weighted by molar-refractivity contribution is 8.00. The van der Waals surface area contributed by atoms with Crippen LogP contribution in [-0.4, -0.2) is 16.3 Å². The molecule has 2 aromatic carbocycles. The van der Waals surface area contributed by atoms with Crippen molar-refractivity contribution in [2.45, 2.75) is 23.5 Å². The van der Waals surface area contributed by atoms with Gasteiger partial charge in [-0.2, -0.15) is 0 Å². The first-order chi connectivity index (χ1) is 9.15. The number of carboxylic acids is 1. The van der Waals surface area contributed by atoms with Gasteiger partial charge in [-0.15, -0.1) is 11.8 Å². The third-order valence-electron chi connectivity index (χ3n) is 2.84. The molecule has 0 aliphatic rings. The van der Waals surface area contributed by atoms with Gasteiger partial charge in [0.25, 0.3) is 0 Å². The smallest absolute Gasteiger partial charge is 0.316 e. The van der Waals surface area contributed by atoms with Crippen molar-refractivity contribution in [3.8, 4) is 0 Å². The number of aliphatic carboxylic acids is 1. The van der Waals surface area contributed by atoms with Gasteiger partial charge in [0.15, 0.2) is 0 Å². The average Bonchev–Trinajstić information content (AvgIpc) is 2.42. The average molecular weight is 272 g/mol. The zero-order valence-electron chi connectivity index (χ0n) is 10.7. The zero-order valence-corrected chi connectivity index (χ0v) is 11.6. The Labute approximate surface area is 117 Å². The molecule has 0 radical (unpaired) electrons. The molecule has 3 heteroatoms. The number of hydrogen-bond acceptors (Lipinski definition) is 2. The fourth-order valence-electron chi connectivity index (χ4n) is 1.77. The van der Waals surface area contributed by atoms with Crippen LogP contribution in [0.2, 0.25) is 0 Å². The number of benzene rings is 2. The van der Waals surface area contributed by atoms with E-state index in [0.29, 0.717) is 0 Å². The molecule has 1 unspecified atom stereocenters. The minimum Gasteiger partial charge on any atom is -0.480 e. The fourth-order valence-corrected chi connectivity index (χ4v) is 2.57. The van der Waals surface area contributed by atoms with Crippen LogP contribution >= 0.6 is 11.8 Å². The van der Waals surface area contributed by atoms with E-state index in [2.05, 4.69) is 24.3 Å². The lowest BCUT2D eigenvalue weighted by Gasteiger charge is -2.07. The molecule has 0 aliphatic carbocycles. The predicted molar refractivity (Wildman–Crippen MR) is 78.6 cm³/mol. The Morgan fingerprint density at radius 1 is 1.05 bits per heavy atom. The molecule has 2 rings (SSSR count). The summed E-state index contributed by atoms with van der Waals surface area (Å²) in [5.41, 5.74) is 2.51. The standard InChI is InChI=1S/C16H16O2S/c1-12(16(17)18)19-15-9-7-14(8-10-15)11-13-5-3-2-4-6-13/h2-10,12H,11H2,1H3,(H,17,18). The van der Waals surface area contributed by atoms with Crippen LogP contribution in [0.3, 0.4) is 0 Å². The van der Waals surface area contributed by atoms with Crippen molar-refractivity contribution >= 4 is 17.7 Å². The van der Waals surface area contributed by atoms with E-state index in [1.54, 1.807) is 6.92 Å². The molecule has 1 atom stereocenters. The van der Waals surface area contributed by atoms with E-state index in [9.17, 15) is 4.79 Å². The van der Waals surface area contributed by atoms with Crippen LogP contribution in [0, 0.1) is 0 Å². The molecule has 0 fully saturated rings. The quantitative estimate of drug-likeness (QED) is 0.840. The first-order valence-corrected chi connectivity index (χ1v) is 7.05. The van der Waals surface area contributed by atoms with E-state index in [0.717, 1.165) is 11.3 Å². The van der Waals surface area contributed by atoms with Crippen molar-refractivity contribution in [1.82, 2.24) is 0 Å². The summed E-state index contributed by atoms with van der Waals surface area (Å²) in [5, 5.41) is 8.46. The van der Waals surface area contributed by atoms with Crippen LogP contribution in [0.5, 0.6) is 0 Å². The van der Waals surface area contributed by atoms with E-state index in [1.807, 2.05) is 30.3 Å². The number of rotatable bonds is 5. The van der Waals surface area contributed by atoms with Crippen molar-refractivity contribution in [2.75, 3.05) is 0 Å². The molecule has 2 aromatic rings. The maximum Gasteiger partial charge on any atom is 0.316 e. The second-order valence-electron chi connectivity index (χ2n) is 4.40. The molecule has 19 heavy (non-hydrogen) atoms. The maximum absolute atomic E-state index is 10.8. The molecular formula is C16H16O2S. The van der Waals surface area contributed by atoms with Crippen LogP contribution in [0.25, 0.3) is 0 Å². The summed E-state index contributed by atoms with van der Waals surface area (Å²) in [5.74, 6) is -0.779. The molecule has 2 nitrogen and oxygen atoms in total. The SMILES string of the molecule is CC(Sc1ccc(Cc2ccccc2)cc1)C(=O)O. The lowest BCUT2D eigenvalue weighted by Crippen LogP contribution is -2.10. The molecule has 0 saturated carbocycles. The van der Waals surface area contributed by atoms with Gasteiger partial charge in [0.1, 0.15) is 5.25 Å². The summed E-state index contributed by atoms with van der Waals surface area (Å²) < 4.78 is 0. The molecule has 0 aliphatic heterocycles. The van der Waals surface area contributed by atoms with Gasteiger partial charge in [-0.1, -0.05) is 42.5 Å². The summed E-state index contributed by atoms with van der Waals surface area (Å²) in [4.78, 5) is 11.8. The van der Waals surface area contributed by atoms with Crippen LogP contribution in [0.4, 0.5) is 0 Å². The summed E-state index contributed by atoms with van der Waals surface area (Å²) in [6.45, 7) is 1.70. The van der Waals surface area contributed by atoms with E-state index < -0.39 is 11.2 Å². The van der Waals surface area contributed by atoms with Gasteiger partial charge in [0.05, 0.1) is 0 Å². The number of thioether (sulfide) groups is 1. The van der Waals surface area contributed by atoms with Crippen molar-refractivity contribution in [2.24, 2.45) is 0 Å². The Bertz CT molecular complexity index is 534.